The summed E-state index contributed by atoms with van der Waals surface area (Å²) in [6.45, 7) is 10.7. The van der Waals surface area contributed by atoms with E-state index in [1.54, 1.807) is 0 Å². The van der Waals surface area contributed by atoms with E-state index >= 15 is 0 Å². The molecule has 0 N–H and O–H groups in total. The molecule has 0 saturated heterocycles. The van der Waals surface area contributed by atoms with E-state index in [-0.39, 0.29) is 31.1 Å². The van der Waals surface area contributed by atoms with Crippen LogP contribution in [0.4, 0.5) is 0 Å². The van der Waals surface area contributed by atoms with Crippen LogP contribution in [0.3, 0.4) is 0 Å². The highest BCUT2D eigenvalue weighted by molar-refractivity contribution is 9.10. The van der Waals surface area contributed by atoms with Crippen molar-refractivity contribution in [2.24, 2.45) is 10.8 Å². The van der Waals surface area contributed by atoms with Crippen LogP contribution in [0.5, 0.6) is 0 Å². The van der Waals surface area contributed by atoms with Gasteiger partial charge in [0.05, 0.1) is 4.83 Å². The maximum Gasteiger partial charge on any atom is 0.151 e. The summed E-state index contributed by atoms with van der Waals surface area (Å²) in [7, 11) is 0. The molecular formula is C15H21Br2ClO. The average molecular weight is 413 g/mol. The molecular weight excluding hydrogens is 391 g/mol. The van der Waals surface area contributed by atoms with Gasteiger partial charge in [-0.1, -0.05) is 57.9 Å². The Bertz CT molecular complexity index is 430. The van der Waals surface area contributed by atoms with Crippen LogP contribution in [0.2, 0.25) is 0 Å². The molecule has 2 saturated carbocycles. The second kappa shape index (κ2) is 4.84. The number of carbonyl (C=O) groups excluding carboxylic acids is 1. The van der Waals surface area contributed by atoms with Gasteiger partial charge in [-0.05, 0) is 37.0 Å². The Morgan fingerprint density at radius 3 is 2.42 bits per heavy atom. The van der Waals surface area contributed by atoms with Crippen LogP contribution in [0.1, 0.15) is 46.5 Å². The van der Waals surface area contributed by atoms with E-state index in [0.29, 0.717) is 6.42 Å². The van der Waals surface area contributed by atoms with Crippen LogP contribution in [-0.2, 0) is 4.79 Å². The third kappa shape index (κ3) is 2.28. The van der Waals surface area contributed by atoms with Gasteiger partial charge in [-0.2, -0.15) is 0 Å². The van der Waals surface area contributed by atoms with Crippen molar-refractivity contribution in [3.05, 3.63) is 12.2 Å². The van der Waals surface area contributed by atoms with Gasteiger partial charge in [0.2, 0.25) is 0 Å². The van der Waals surface area contributed by atoms with E-state index < -0.39 is 0 Å². The Balaban J connectivity index is 2.42. The summed E-state index contributed by atoms with van der Waals surface area (Å²) in [5, 5.41) is 0.0603. The molecule has 4 atom stereocenters. The fraction of sp³-hybridized carbons (Fsp3) is 0.800. The number of carbonyl (C=O) groups is 1. The van der Waals surface area contributed by atoms with Gasteiger partial charge in [0.15, 0.2) is 5.78 Å². The number of allylic oxidation sites excluding steroid dienone is 1. The number of ketones is 1. The summed E-state index contributed by atoms with van der Waals surface area (Å²) >= 11 is 14.0. The molecule has 108 valence electrons. The van der Waals surface area contributed by atoms with Gasteiger partial charge in [-0.25, -0.2) is 0 Å². The second-order valence-electron chi connectivity index (χ2n) is 6.86. The normalized spacial score (nSPS) is 46.6. The lowest BCUT2D eigenvalue weighted by molar-refractivity contribution is -0.125. The Kier molecular flexibility index (Phi) is 4.09. The highest BCUT2D eigenvalue weighted by Crippen LogP contribution is 2.63. The van der Waals surface area contributed by atoms with Gasteiger partial charge in [0.1, 0.15) is 0 Å². The Labute approximate surface area is 137 Å². The zero-order valence-electron chi connectivity index (χ0n) is 11.7. The van der Waals surface area contributed by atoms with Crippen LogP contribution in [-0.4, -0.2) is 20.3 Å². The Morgan fingerprint density at radius 2 is 1.89 bits per heavy atom. The smallest absolute Gasteiger partial charge is 0.151 e. The number of rotatable bonds is 0. The minimum Gasteiger partial charge on any atom is -0.298 e. The molecule has 0 radical (unpaired) electrons. The van der Waals surface area contributed by atoms with Gasteiger partial charge in [-0.3, -0.25) is 4.79 Å². The third-order valence-corrected chi connectivity index (χ3v) is 8.94. The van der Waals surface area contributed by atoms with Gasteiger partial charge in [0.25, 0.3) is 0 Å². The first-order valence-corrected chi connectivity index (χ1v) is 8.87. The molecule has 0 aromatic carbocycles. The minimum absolute atomic E-state index is 0.0145. The van der Waals surface area contributed by atoms with E-state index in [0.717, 1.165) is 24.8 Å². The molecule has 0 bridgehead atoms. The van der Waals surface area contributed by atoms with E-state index in [1.807, 2.05) is 0 Å². The predicted octanol–water partition coefficient (Wildman–Crippen LogP) is 5.24. The Hall–Kier alpha value is 0.660. The molecule has 0 aliphatic heterocycles. The molecule has 2 rings (SSSR count). The maximum absolute atomic E-state index is 12.1. The minimum atomic E-state index is -0.143. The molecule has 1 nitrogen and oxygen atoms in total. The fourth-order valence-electron chi connectivity index (χ4n) is 3.71. The van der Waals surface area contributed by atoms with Crippen molar-refractivity contribution in [1.82, 2.24) is 0 Å². The average Bonchev–Trinajstić information content (AvgIpc) is 2.29. The quantitative estimate of drug-likeness (QED) is 0.393. The van der Waals surface area contributed by atoms with Crippen LogP contribution < -0.4 is 0 Å². The third-order valence-electron chi connectivity index (χ3n) is 5.44. The van der Waals surface area contributed by atoms with Crippen molar-refractivity contribution in [2.45, 2.75) is 61.0 Å². The molecule has 2 aliphatic carbocycles. The molecule has 0 aromatic heterocycles. The van der Waals surface area contributed by atoms with Gasteiger partial charge < -0.3 is 0 Å². The maximum atomic E-state index is 12.1. The highest BCUT2D eigenvalue weighted by Gasteiger charge is 2.59. The van der Waals surface area contributed by atoms with E-state index in [1.165, 1.54) is 0 Å². The first-order valence-electron chi connectivity index (χ1n) is 6.73. The van der Waals surface area contributed by atoms with Crippen LogP contribution >= 0.6 is 43.5 Å². The molecule has 2 aliphatic rings. The second-order valence-corrected chi connectivity index (χ2v) is 10.1. The molecule has 19 heavy (non-hydrogen) atoms. The zero-order valence-corrected chi connectivity index (χ0v) is 15.7. The summed E-state index contributed by atoms with van der Waals surface area (Å²) in [6.07, 6.45) is 3.43. The van der Waals surface area contributed by atoms with Crippen molar-refractivity contribution in [1.29, 1.82) is 0 Å². The lowest BCUT2D eigenvalue weighted by Crippen LogP contribution is -2.57. The summed E-state index contributed by atoms with van der Waals surface area (Å²) in [5.74, 6) is 0.249. The van der Waals surface area contributed by atoms with Crippen molar-refractivity contribution >= 4 is 49.2 Å². The lowest BCUT2D eigenvalue weighted by atomic mass is 9.49. The Morgan fingerprint density at radius 1 is 1.32 bits per heavy atom. The van der Waals surface area contributed by atoms with Crippen molar-refractivity contribution in [3.63, 3.8) is 0 Å². The number of hydrogen-bond acceptors (Lipinski definition) is 1. The molecule has 0 unspecified atom stereocenters. The lowest BCUT2D eigenvalue weighted by Gasteiger charge is -2.58. The van der Waals surface area contributed by atoms with Crippen molar-refractivity contribution in [2.75, 3.05) is 0 Å². The SMILES string of the molecule is C=C1CC(=O)[C@H](Br)C(C)(C)[C@@]12CC[C@](C)(Br)[C@@H](Cl)C2. The zero-order chi connectivity index (χ0) is 14.6. The van der Waals surface area contributed by atoms with Crippen LogP contribution in [0.15, 0.2) is 12.2 Å². The number of Topliss-reactive ketones (excluding diaryl/α,β-unsaturated/α-hetero) is 1. The standard InChI is InChI=1S/C15H21Br2ClO/c1-9-7-10(19)12(16)13(2,3)15(9)6-5-14(4,17)11(18)8-15/h11-12H,1,5-8H2,2-4H3/t11-,12-,14-,15+/m0/s1. The van der Waals surface area contributed by atoms with Crippen LogP contribution in [0.25, 0.3) is 0 Å². The summed E-state index contributed by atoms with van der Waals surface area (Å²) in [4.78, 5) is 12.0. The van der Waals surface area contributed by atoms with Crippen molar-refractivity contribution < 1.29 is 4.79 Å². The van der Waals surface area contributed by atoms with E-state index in [4.69, 9.17) is 11.6 Å². The largest absolute Gasteiger partial charge is 0.298 e. The summed E-state index contributed by atoms with van der Waals surface area (Å²) in [5.41, 5.74) is 0.900. The summed E-state index contributed by atoms with van der Waals surface area (Å²) in [6, 6.07) is 0. The molecule has 0 aromatic rings. The van der Waals surface area contributed by atoms with Gasteiger partial charge >= 0.3 is 0 Å². The van der Waals surface area contributed by atoms with Gasteiger partial charge in [-0.15, -0.1) is 11.6 Å². The van der Waals surface area contributed by atoms with Crippen LogP contribution in [0, 0.1) is 10.8 Å². The predicted molar refractivity (Wildman–Crippen MR) is 88.5 cm³/mol. The molecule has 1 spiro atoms. The highest BCUT2D eigenvalue weighted by atomic mass is 79.9. The topological polar surface area (TPSA) is 17.1 Å². The van der Waals surface area contributed by atoms with Crippen molar-refractivity contribution in [3.8, 4) is 0 Å². The van der Waals surface area contributed by atoms with Gasteiger partial charge in [0, 0.05) is 16.1 Å². The molecule has 0 amide bonds. The first-order chi connectivity index (χ1) is 8.54. The molecule has 2 fully saturated rings. The number of hydrogen-bond donors (Lipinski definition) is 0. The number of halogens is 3. The van der Waals surface area contributed by atoms with E-state index in [2.05, 4.69) is 59.2 Å². The first kappa shape index (κ1) is 16.0. The molecule has 0 heterocycles. The monoisotopic (exact) mass is 410 g/mol. The molecule has 4 heteroatoms. The summed E-state index contributed by atoms with van der Waals surface area (Å²) < 4.78 is -0.0145. The number of alkyl halides is 3. The fourth-order valence-corrected chi connectivity index (χ4v) is 5.04. The van der Waals surface area contributed by atoms with E-state index in [9.17, 15) is 4.79 Å².